The van der Waals surface area contributed by atoms with Crippen molar-refractivity contribution in [3.8, 4) is 6.07 Å². The van der Waals surface area contributed by atoms with Gasteiger partial charge in [-0.3, -0.25) is 4.79 Å². The van der Waals surface area contributed by atoms with Gasteiger partial charge in [0.25, 0.3) is 0 Å². The van der Waals surface area contributed by atoms with Gasteiger partial charge in [-0.2, -0.15) is 5.26 Å². The molecule has 0 aromatic heterocycles. The van der Waals surface area contributed by atoms with Crippen LogP contribution in [0, 0.1) is 17.2 Å². The Morgan fingerprint density at radius 1 is 1.71 bits per heavy atom. The number of aliphatic hydroxyl groups excluding tert-OH is 1. The molecule has 0 aliphatic carbocycles. The summed E-state index contributed by atoms with van der Waals surface area (Å²) in [4.78, 5) is 13.1. The number of carbonyl (C=O) groups is 1. The van der Waals surface area contributed by atoms with Crippen molar-refractivity contribution >= 4 is 5.91 Å². The fourth-order valence-electron chi connectivity index (χ4n) is 1.83. The molecule has 0 unspecified atom stereocenters. The van der Waals surface area contributed by atoms with Crippen LogP contribution in [0.25, 0.3) is 0 Å². The standard InChI is InChI=1S/C10H16N2O2/c1-2-8-7-12(6-4-9(8)13)10(14)3-5-11/h8-9,13H,2-4,6-7H2,1H3/t8-,9-/m0/s1. The van der Waals surface area contributed by atoms with E-state index in [0.29, 0.717) is 19.5 Å². The molecule has 1 saturated heterocycles. The van der Waals surface area contributed by atoms with Gasteiger partial charge in [-0.05, 0) is 12.8 Å². The molecule has 0 bridgehead atoms. The SMILES string of the molecule is CC[C@H]1CN(C(=O)CC#N)CC[C@@H]1O. The summed E-state index contributed by atoms with van der Waals surface area (Å²) in [6, 6.07) is 1.86. The van der Waals surface area contributed by atoms with Crippen LogP contribution in [0.2, 0.25) is 0 Å². The Kier molecular flexibility index (Phi) is 3.90. The summed E-state index contributed by atoms with van der Waals surface area (Å²) < 4.78 is 0. The van der Waals surface area contributed by atoms with Crippen LogP contribution in [0.15, 0.2) is 0 Å². The number of nitriles is 1. The first-order valence-electron chi connectivity index (χ1n) is 5.01. The molecule has 0 radical (unpaired) electrons. The Morgan fingerprint density at radius 2 is 2.43 bits per heavy atom. The van der Waals surface area contributed by atoms with Crippen LogP contribution >= 0.6 is 0 Å². The largest absolute Gasteiger partial charge is 0.393 e. The molecule has 14 heavy (non-hydrogen) atoms. The molecule has 4 nitrogen and oxygen atoms in total. The van der Waals surface area contributed by atoms with Gasteiger partial charge in [-0.15, -0.1) is 0 Å². The summed E-state index contributed by atoms with van der Waals surface area (Å²) in [5, 5.41) is 18.0. The van der Waals surface area contributed by atoms with E-state index >= 15 is 0 Å². The summed E-state index contributed by atoms with van der Waals surface area (Å²) in [5.74, 6) is 0.0595. The second-order valence-corrected chi connectivity index (χ2v) is 3.70. The van der Waals surface area contributed by atoms with Crippen LogP contribution in [0.1, 0.15) is 26.2 Å². The predicted octanol–water partition coefficient (Wildman–Crippen LogP) is 0.519. The highest BCUT2D eigenvalue weighted by Gasteiger charge is 2.28. The van der Waals surface area contributed by atoms with Crippen LogP contribution in [0.4, 0.5) is 0 Å². The molecule has 1 heterocycles. The topological polar surface area (TPSA) is 64.3 Å². The monoisotopic (exact) mass is 196 g/mol. The third-order valence-corrected chi connectivity index (χ3v) is 2.80. The molecule has 0 aromatic carbocycles. The van der Waals surface area contributed by atoms with Crippen molar-refractivity contribution in [1.82, 2.24) is 4.90 Å². The minimum absolute atomic E-state index is 0.0491. The summed E-state index contributed by atoms with van der Waals surface area (Å²) in [6.07, 6.45) is 1.17. The molecule has 0 spiro atoms. The number of aliphatic hydroxyl groups is 1. The molecule has 1 N–H and O–H groups in total. The van der Waals surface area contributed by atoms with E-state index in [2.05, 4.69) is 0 Å². The van der Waals surface area contributed by atoms with Crippen LogP contribution in [0.3, 0.4) is 0 Å². The molecule has 1 aliphatic rings. The van der Waals surface area contributed by atoms with Gasteiger partial charge in [0.2, 0.25) is 5.91 Å². The molecular formula is C10H16N2O2. The maximum atomic E-state index is 11.4. The maximum absolute atomic E-state index is 11.4. The van der Waals surface area contributed by atoms with Crippen LogP contribution < -0.4 is 0 Å². The summed E-state index contributed by atoms with van der Waals surface area (Å²) in [5.41, 5.74) is 0. The highest BCUT2D eigenvalue weighted by atomic mass is 16.3. The van der Waals surface area contributed by atoms with E-state index in [0.717, 1.165) is 6.42 Å². The zero-order chi connectivity index (χ0) is 10.6. The quantitative estimate of drug-likeness (QED) is 0.700. The van der Waals surface area contributed by atoms with E-state index in [4.69, 9.17) is 5.26 Å². The first-order valence-corrected chi connectivity index (χ1v) is 5.01. The Bertz CT molecular complexity index is 247. The fraction of sp³-hybridized carbons (Fsp3) is 0.800. The van der Waals surface area contributed by atoms with Gasteiger partial charge in [0.15, 0.2) is 0 Å². The van der Waals surface area contributed by atoms with Crippen molar-refractivity contribution in [3.05, 3.63) is 0 Å². The molecule has 78 valence electrons. The number of hydrogen-bond acceptors (Lipinski definition) is 3. The molecule has 1 fully saturated rings. The zero-order valence-corrected chi connectivity index (χ0v) is 8.44. The number of rotatable bonds is 2. The predicted molar refractivity (Wildman–Crippen MR) is 51.2 cm³/mol. The van der Waals surface area contributed by atoms with E-state index < -0.39 is 0 Å². The van der Waals surface area contributed by atoms with Crippen molar-refractivity contribution in [2.45, 2.75) is 32.3 Å². The lowest BCUT2D eigenvalue weighted by Gasteiger charge is -2.35. The van der Waals surface area contributed by atoms with Gasteiger partial charge in [-0.25, -0.2) is 0 Å². The molecule has 2 atom stereocenters. The highest BCUT2D eigenvalue weighted by Crippen LogP contribution is 2.20. The molecule has 1 rings (SSSR count). The zero-order valence-electron chi connectivity index (χ0n) is 8.44. The van der Waals surface area contributed by atoms with Gasteiger partial charge >= 0.3 is 0 Å². The van der Waals surface area contributed by atoms with Gasteiger partial charge < -0.3 is 10.0 Å². The molecule has 4 heteroatoms. The fourth-order valence-corrected chi connectivity index (χ4v) is 1.83. The van der Waals surface area contributed by atoms with Gasteiger partial charge in [0.1, 0.15) is 6.42 Å². The Hall–Kier alpha value is -1.08. The second kappa shape index (κ2) is 4.97. The van der Waals surface area contributed by atoms with Crippen LogP contribution in [-0.2, 0) is 4.79 Å². The van der Waals surface area contributed by atoms with E-state index in [1.807, 2.05) is 13.0 Å². The number of likely N-dealkylation sites (tertiary alicyclic amines) is 1. The Balaban J connectivity index is 2.50. The van der Waals surface area contributed by atoms with E-state index in [1.165, 1.54) is 0 Å². The number of piperidine rings is 1. The minimum Gasteiger partial charge on any atom is -0.393 e. The van der Waals surface area contributed by atoms with Crippen LogP contribution in [-0.4, -0.2) is 35.1 Å². The maximum Gasteiger partial charge on any atom is 0.236 e. The third kappa shape index (κ3) is 2.46. The lowest BCUT2D eigenvalue weighted by Crippen LogP contribution is -2.45. The van der Waals surface area contributed by atoms with Crippen molar-refractivity contribution in [3.63, 3.8) is 0 Å². The number of amides is 1. The molecule has 1 amide bonds. The first kappa shape index (κ1) is 11.0. The average Bonchev–Trinajstić information content (AvgIpc) is 2.19. The van der Waals surface area contributed by atoms with E-state index in [1.54, 1.807) is 4.90 Å². The van der Waals surface area contributed by atoms with E-state index in [-0.39, 0.29) is 24.3 Å². The molecular weight excluding hydrogens is 180 g/mol. The highest BCUT2D eigenvalue weighted by molar-refractivity contribution is 5.78. The second-order valence-electron chi connectivity index (χ2n) is 3.70. The van der Waals surface area contributed by atoms with Gasteiger partial charge in [-0.1, -0.05) is 6.92 Å². The van der Waals surface area contributed by atoms with Crippen molar-refractivity contribution < 1.29 is 9.90 Å². The first-order chi connectivity index (χ1) is 6.69. The molecule has 0 saturated carbocycles. The van der Waals surface area contributed by atoms with Gasteiger partial charge in [0, 0.05) is 19.0 Å². The molecule has 1 aliphatic heterocycles. The Labute approximate surface area is 84.1 Å². The normalized spacial score (nSPS) is 27.1. The smallest absolute Gasteiger partial charge is 0.236 e. The number of hydrogen-bond donors (Lipinski definition) is 1. The summed E-state index contributed by atoms with van der Waals surface area (Å²) >= 11 is 0. The lowest BCUT2D eigenvalue weighted by atomic mass is 9.92. The third-order valence-electron chi connectivity index (χ3n) is 2.80. The lowest BCUT2D eigenvalue weighted by molar-refractivity contribution is -0.133. The summed E-state index contributed by atoms with van der Waals surface area (Å²) in [7, 11) is 0. The number of nitrogens with zero attached hydrogens (tertiary/aromatic N) is 2. The van der Waals surface area contributed by atoms with E-state index in [9.17, 15) is 9.90 Å². The number of carbonyl (C=O) groups excluding carboxylic acids is 1. The van der Waals surface area contributed by atoms with Gasteiger partial charge in [0.05, 0.1) is 12.2 Å². The average molecular weight is 196 g/mol. The molecule has 0 aromatic rings. The summed E-state index contributed by atoms with van der Waals surface area (Å²) in [6.45, 7) is 3.18. The minimum atomic E-state index is -0.286. The van der Waals surface area contributed by atoms with Crippen molar-refractivity contribution in [2.75, 3.05) is 13.1 Å². The van der Waals surface area contributed by atoms with Crippen LogP contribution in [0.5, 0.6) is 0 Å². The van der Waals surface area contributed by atoms with Crippen molar-refractivity contribution in [2.24, 2.45) is 5.92 Å². The van der Waals surface area contributed by atoms with Crippen molar-refractivity contribution in [1.29, 1.82) is 5.26 Å². The Morgan fingerprint density at radius 3 is 3.00 bits per heavy atom.